The lowest BCUT2D eigenvalue weighted by atomic mass is 10.1. The summed E-state index contributed by atoms with van der Waals surface area (Å²) in [5, 5.41) is 9.24. The van der Waals surface area contributed by atoms with Crippen LogP contribution in [0.3, 0.4) is 0 Å². The van der Waals surface area contributed by atoms with Crippen LogP contribution in [0.2, 0.25) is 0 Å². The normalized spacial score (nSPS) is 18.8. The van der Waals surface area contributed by atoms with Gasteiger partial charge in [-0.3, -0.25) is 0 Å². The van der Waals surface area contributed by atoms with Crippen LogP contribution in [-0.4, -0.2) is 28.6 Å². The molecule has 1 saturated heterocycles. The van der Waals surface area contributed by atoms with Crippen molar-refractivity contribution >= 4 is 17.6 Å². The fourth-order valence-corrected chi connectivity index (χ4v) is 3.23. The molecule has 0 unspecified atom stereocenters. The number of anilines is 1. The predicted molar refractivity (Wildman–Crippen MR) is 72.4 cm³/mol. The predicted octanol–water partition coefficient (Wildman–Crippen LogP) is 2.59. The SMILES string of the molecule is Cc1ccnc(N2CCSC(C)(C)C2)c1C#N. The number of thioether (sulfide) groups is 1. The molecule has 3 nitrogen and oxygen atoms in total. The second-order valence-electron chi connectivity index (χ2n) is 4.97. The molecule has 90 valence electrons. The number of pyridine rings is 1. The number of rotatable bonds is 1. The van der Waals surface area contributed by atoms with E-state index in [-0.39, 0.29) is 4.75 Å². The Balaban J connectivity index is 2.35. The Labute approximate surface area is 107 Å². The number of nitriles is 1. The number of nitrogens with zero attached hydrogens (tertiary/aromatic N) is 3. The summed E-state index contributed by atoms with van der Waals surface area (Å²) < 4.78 is 0.233. The van der Waals surface area contributed by atoms with E-state index in [1.165, 1.54) is 0 Å². The molecule has 0 saturated carbocycles. The Morgan fingerprint density at radius 3 is 2.94 bits per heavy atom. The summed E-state index contributed by atoms with van der Waals surface area (Å²) in [6.07, 6.45) is 1.79. The Morgan fingerprint density at radius 1 is 1.53 bits per heavy atom. The minimum Gasteiger partial charge on any atom is -0.353 e. The third kappa shape index (κ3) is 2.55. The number of hydrogen-bond donors (Lipinski definition) is 0. The molecule has 1 aliphatic rings. The van der Waals surface area contributed by atoms with Gasteiger partial charge in [0.05, 0.1) is 5.56 Å². The summed E-state index contributed by atoms with van der Waals surface area (Å²) >= 11 is 1.98. The zero-order valence-corrected chi connectivity index (χ0v) is 11.3. The Bertz CT molecular complexity index is 462. The van der Waals surface area contributed by atoms with E-state index in [9.17, 15) is 5.26 Å². The summed E-state index contributed by atoms with van der Waals surface area (Å²) in [5.74, 6) is 1.94. The summed E-state index contributed by atoms with van der Waals surface area (Å²) in [6.45, 7) is 8.37. The summed E-state index contributed by atoms with van der Waals surface area (Å²) in [4.78, 5) is 6.63. The molecule has 0 bridgehead atoms. The lowest BCUT2D eigenvalue weighted by Gasteiger charge is -2.38. The van der Waals surface area contributed by atoms with Gasteiger partial charge in [0.1, 0.15) is 11.9 Å². The standard InChI is InChI=1S/C13H17N3S/c1-10-4-5-15-12(11(10)8-14)16-6-7-17-13(2,3)9-16/h4-5H,6-7,9H2,1-3H3. The molecule has 2 heterocycles. The average Bonchev–Trinajstić information content (AvgIpc) is 2.27. The molecule has 1 aromatic rings. The van der Waals surface area contributed by atoms with Gasteiger partial charge in [0.2, 0.25) is 0 Å². The molecule has 0 aliphatic carbocycles. The van der Waals surface area contributed by atoms with Crippen molar-refractivity contribution in [3.63, 3.8) is 0 Å². The molecule has 2 rings (SSSR count). The Kier molecular flexibility index (Phi) is 3.30. The van der Waals surface area contributed by atoms with Crippen LogP contribution in [0.5, 0.6) is 0 Å². The second kappa shape index (κ2) is 4.58. The first kappa shape index (κ1) is 12.3. The summed E-state index contributed by atoms with van der Waals surface area (Å²) in [7, 11) is 0. The van der Waals surface area contributed by atoms with E-state index >= 15 is 0 Å². The summed E-state index contributed by atoms with van der Waals surface area (Å²) in [5.41, 5.74) is 1.73. The molecule has 1 aromatic heterocycles. The molecular formula is C13H17N3S. The largest absolute Gasteiger partial charge is 0.353 e. The molecule has 1 fully saturated rings. The van der Waals surface area contributed by atoms with E-state index < -0.39 is 0 Å². The lowest BCUT2D eigenvalue weighted by molar-refractivity contribution is 0.641. The van der Waals surface area contributed by atoms with Crippen molar-refractivity contribution in [2.45, 2.75) is 25.5 Å². The maximum Gasteiger partial charge on any atom is 0.146 e. The number of aromatic nitrogens is 1. The van der Waals surface area contributed by atoms with Crippen LogP contribution >= 0.6 is 11.8 Å². The van der Waals surface area contributed by atoms with Crippen LogP contribution in [-0.2, 0) is 0 Å². The smallest absolute Gasteiger partial charge is 0.146 e. The van der Waals surface area contributed by atoms with Crippen molar-refractivity contribution in [2.24, 2.45) is 0 Å². The van der Waals surface area contributed by atoms with Crippen LogP contribution in [0.1, 0.15) is 25.0 Å². The fraction of sp³-hybridized carbons (Fsp3) is 0.538. The zero-order valence-electron chi connectivity index (χ0n) is 10.5. The van der Waals surface area contributed by atoms with Gasteiger partial charge in [0.15, 0.2) is 0 Å². The number of hydrogen-bond acceptors (Lipinski definition) is 4. The van der Waals surface area contributed by atoms with Crippen molar-refractivity contribution < 1.29 is 0 Å². The topological polar surface area (TPSA) is 39.9 Å². The van der Waals surface area contributed by atoms with Gasteiger partial charge in [-0.1, -0.05) is 0 Å². The molecule has 0 amide bonds. The molecule has 0 aromatic carbocycles. The van der Waals surface area contributed by atoms with E-state index in [4.69, 9.17) is 0 Å². The minimum absolute atomic E-state index is 0.233. The van der Waals surface area contributed by atoms with Gasteiger partial charge in [-0.2, -0.15) is 17.0 Å². The third-order valence-electron chi connectivity index (χ3n) is 2.98. The van der Waals surface area contributed by atoms with Crippen LogP contribution < -0.4 is 4.90 Å². The lowest BCUT2D eigenvalue weighted by Crippen LogP contribution is -2.43. The van der Waals surface area contributed by atoms with E-state index in [0.717, 1.165) is 35.8 Å². The van der Waals surface area contributed by atoms with Crippen molar-refractivity contribution in [1.29, 1.82) is 5.26 Å². The van der Waals surface area contributed by atoms with Gasteiger partial charge in [-0.25, -0.2) is 4.98 Å². The Hall–Kier alpha value is -1.21. The van der Waals surface area contributed by atoms with E-state index in [2.05, 4.69) is 29.8 Å². The van der Waals surface area contributed by atoms with Crippen LogP contribution in [0.25, 0.3) is 0 Å². The van der Waals surface area contributed by atoms with Crippen molar-refractivity contribution in [1.82, 2.24) is 4.98 Å². The first-order valence-corrected chi connectivity index (χ1v) is 6.77. The van der Waals surface area contributed by atoms with Gasteiger partial charge in [-0.15, -0.1) is 0 Å². The highest BCUT2D eigenvalue weighted by Crippen LogP contribution is 2.32. The van der Waals surface area contributed by atoms with Crippen molar-refractivity contribution in [2.75, 3.05) is 23.7 Å². The van der Waals surface area contributed by atoms with Crippen molar-refractivity contribution in [3.05, 3.63) is 23.4 Å². The van der Waals surface area contributed by atoms with E-state index in [1.54, 1.807) is 6.20 Å². The third-order valence-corrected chi connectivity index (χ3v) is 4.27. The minimum atomic E-state index is 0.233. The maximum atomic E-state index is 9.24. The molecule has 0 spiro atoms. The zero-order chi connectivity index (χ0) is 12.5. The van der Waals surface area contributed by atoms with Gasteiger partial charge < -0.3 is 4.90 Å². The molecule has 1 aliphatic heterocycles. The highest BCUT2D eigenvalue weighted by atomic mass is 32.2. The quantitative estimate of drug-likeness (QED) is 0.764. The maximum absolute atomic E-state index is 9.24. The molecule has 4 heteroatoms. The van der Waals surface area contributed by atoms with E-state index in [1.807, 2.05) is 24.8 Å². The highest BCUT2D eigenvalue weighted by molar-refractivity contribution is 8.00. The van der Waals surface area contributed by atoms with E-state index in [0.29, 0.717) is 0 Å². The Morgan fingerprint density at radius 2 is 2.29 bits per heavy atom. The second-order valence-corrected chi connectivity index (χ2v) is 6.77. The fourth-order valence-electron chi connectivity index (χ4n) is 2.12. The molecule has 17 heavy (non-hydrogen) atoms. The van der Waals surface area contributed by atoms with Gasteiger partial charge >= 0.3 is 0 Å². The van der Waals surface area contributed by atoms with Crippen molar-refractivity contribution in [3.8, 4) is 6.07 Å². The molecule has 0 N–H and O–H groups in total. The van der Waals surface area contributed by atoms with Gasteiger partial charge in [0, 0.05) is 29.8 Å². The monoisotopic (exact) mass is 247 g/mol. The van der Waals surface area contributed by atoms with Crippen LogP contribution in [0, 0.1) is 18.3 Å². The van der Waals surface area contributed by atoms with Crippen LogP contribution in [0.15, 0.2) is 12.3 Å². The first-order chi connectivity index (χ1) is 8.03. The number of aryl methyl sites for hydroxylation is 1. The summed E-state index contributed by atoms with van der Waals surface area (Å²) in [6, 6.07) is 4.17. The first-order valence-electron chi connectivity index (χ1n) is 5.78. The molecule has 0 radical (unpaired) electrons. The van der Waals surface area contributed by atoms with Gasteiger partial charge in [-0.05, 0) is 32.4 Å². The van der Waals surface area contributed by atoms with Crippen LogP contribution in [0.4, 0.5) is 5.82 Å². The molecular weight excluding hydrogens is 230 g/mol. The van der Waals surface area contributed by atoms with Gasteiger partial charge in [0.25, 0.3) is 0 Å². The molecule has 0 atom stereocenters. The highest BCUT2D eigenvalue weighted by Gasteiger charge is 2.29. The average molecular weight is 247 g/mol.